The van der Waals surface area contributed by atoms with Gasteiger partial charge in [0.05, 0.1) is 12.0 Å². The molecular weight excluding hydrogens is 274 g/mol. The van der Waals surface area contributed by atoms with E-state index in [0.29, 0.717) is 18.5 Å². The second kappa shape index (κ2) is 7.50. The molecule has 0 aromatic heterocycles. The molecule has 2 unspecified atom stereocenters. The molecule has 1 aromatic rings. The molecule has 2 rings (SSSR count). The van der Waals surface area contributed by atoms with Crippen molar-refractivity contribution in [2.45, 2.75) is 38.6 Å². The van der Waals surface area contributed by atoms with Crippen LogP contribution in [0.15, 0.2) is 18.2 Å². The summed E-state index contributed by atoms with van der Waals surface area (Å²) in [6, 6.07) is 3.12. The molecule has 0 bridgehead atoms. The highest BCUT2D eigenvalue weighted by Gasteiger charge is 2.24. The molecule has 1 heterocycles. The summed E-state index contributed by atoms with van der Waals surface area (Å²) in [4.78, 5) is 12.3. The van der Waals surface area contributed by atoms with E-state index in [0.717, 1.165) is 31.9 Å². The predicted molar refractivity (Wildman–Crippen MR) is 77.7 cm³/mol. The minimum atomic E-state index is -0.602. The third-order valence-electron chi connectivity index (χ3n) is 3.90. The van der Waals surface area contributed by atoms with E-state index in [1.165, 1.54) is 12.1 Å². The fourth-order valence-electron chi connectivity index (χ4n) is 2.74. The molecule has 1 aliphatic rings. The van der Waals surface area contributed by atoms with Gasteiger partial charge in [0.2, 0.25) is 5.91 Å². The summed E-state index contributed by atoms with van der Waals surface area (Å²) < 4.78 is 26.9. The average molecular weight is 296 g/mol. The van der Waals surface area contributed by atoms with Gasteiger partial charge >= 0.3 is 0 Å². The van der Waals surface area contributed by atoms with E-state index >= 15 is 0 Å². The standard InChI is InChI=1S/C16H22F2N2O/c1-2-4-15(13-7-6-12(17)9-14(13)18)20-16(21)11-5-3-8-19-10-11/h6-7,9,11,15,19H,2-5,8,10H2,1H3,(H,20,21). The molecule has 5 heteroatoms. The van der Waals surface area contributed by atoms with E-state index in [1.54, 1.807) is 0 Å². The van der Waals surface area contributed by atoms with Gasteiger partial charge in [0.25, 0.3) is 0 Å². The summed E-state index contributed by atoms with van der Waals surface area (Å²) in [6.07, 6.45) is 3.27. The smallest absolute Gasteiger partial charge is 0.224 e. The lowest BCUT2D eigenvalue weighted by atomic mass is 9.96. The predicted octanol–water partition coefficient (Wildman–Crippen LogP) is 2.92. The molecule has 2 N–H and O–H groups in total. The number of carbonyl (C=O) groups excluding carboxylic acids is 1. The van der Waals surface area contributed by atoms with Crippen LogP contribution in [0.3, 0.4) is 0 Å². The Morgan fingerprint density at radius 2 is 2.29 bits per heavy atom. The largest absolute Gasteiger partial charge is 0.349 e. The Morgan fingerprint density at radius 3 is 2.90 bits per heavy atom. The van der Waals surface area contributed by atoms with Gasteiger partial charge in [-0.3, -0.25) is 4.79 Å². The molecule has 1 fully saturated rings. The maximum atomic E-state index is 13.9. The molecule has 1 aromatic carbocycles. The highest BCUT2D eigenvalue weighted by molar-refractivity contribution is 5.79. The summed E-state index contributed by atoms with van der Waals surface area (Å²) in [5.41, 5.74) is 0.357. The van der Waals surface area contributed by atoms with Crippen LogP contribution in [0, 0.1) is 17.6 Å². The van der Waals surface area contributed by atoms with Gasteiger partial charge in [0, 0.05) is 18.2 Å². The van der Waals surface area contributed by atoms with Crippen molar-refractivity contribution in [3.05, 3.63) is 35.4 Å². The van der Waals surface area contributed by atoms with E-state index in [-0.39, 0.29) is 11.8 Å². The number of amides is 1. The maximum Gasteiger partial charge on any atom is 0.224 e. The molecule has 116 valence electrons. The summed E-state index contributed by atoms with van der Waals surface area (Å²) in [7, 11) is 0. The molecule has 0 radical (unpaired) electrons. The van der Waals surface area contributed by atoms with Crippen LogP contribution < -0.4 is 10.6 Å². The Bertz CT molecular complexity index is 487. The van der Waals surface area contributed by atoms with Gasteiger partial charge < -0.3 is 10.6 Å². The molecule has 21 heavy (non-hydrogen) atoms. The number of hydrogen-bond acceptors (Lipinski definition) is 2. The van der Waals surface area contributed by atoms with Crippen LogP contribution in [0.4, 0.5) is 8.78 Å². The third kappa shape index (κ3) is 4.24. The fourth-order valence-corrected chi connectivity index (χ4v) is 2.74. The van der Waals surface area contributed by atoms with Crippen LogP contribution in [0.1, 0.15) is 44.2 Å². The van der Waals surface area contributed by atoms with E-state index in [2.05, 4.69) is 10.6 Å². The third-order valence-corrected chi connectivity index (χ3v) is 3.90. The molecule has 1 saturated heterocycles. The first kappa shape index (κ1) is 15.9. The summed E-state index contributed by atoms with van der Waals surface area (Å²) in [5, 5.41) is 6.12. The van der Waals surface area contributed by atoms with Crippen molar-refractivity contribution in [2.24, 2.45) is 5.92 Å². The monoisotopic (exact) mass is 296 g/mol. The van der Waals surface area contributed by atoms with Gasteiger partial charge in [0.1, 0.15) is 11.6 Å². The minimum absolute atomic E-state index is 0.0515. The first-order valence-electron chi connectivity index (χ1n) is 7.58. The number of hydrogen-bond donors (Lipinski definition) is 2. The van der Waals surface area contributed by atoms with Gasteiger partial charge in [0.15, 0.2) is 0 Å². The second-order valence-corrected chi connectivity index (χ2v) is 5.56. The molecule has 0 spiro atoms. The Labute approximate surface area is 124 Å². The maximum absolute atomic E-state index is 13.9. The number of halogens is 2. The van der Waals surface area contributed by atoms with E-state index in [9.17, 15) is 13.6 Å². The van der Waals surface area contributed by atoms with E-state index in [4.69, 9.17) is 0 Å². The quantitative estimate of drug-likeness (QED) is 0.877. The zero-order valence-corrected chi connectivity index (χ0v) is 12.3. The topological polar surface area (TPSA) is 41.1 Å². The van der Waals surface area contributed by atoms with Crippen LogP contribution in [-0.4, -0.2) is 19.0 Å². The Hall–Kier alpha value is -1.49. The SMILES string of the molecule is CCCC(NC(=O)C1CCCNC1)c1ccc(F)cc1F. The normalized spacial score (nSPS) is 20.0. The average Bonchev–Trinajstić information content (AvgIpc) is 2.48. The van der Waals surface area contributed by atoms with Crippen molar-refractivity contribution in [2.75, 3.05) is 13.1 Å². The lowest BCUT2D eigenvalue weighted by Crippen LogP contribution is -2.42. The summed E-state index contributed by atoms with van der Waals surface area (Å²) in [6.45, 7) is 3.58. The van der Waals surface area contributed by atoms with Crippen molar-refractivity contribution in [3.63, 3.8) is 0 Å². The molecule has 2 atom stereocenters. The van der Waals surface area contributed by atoms with Crippen molar-refractivity contribution in [3.8, 4) is 0 Å². The Balaban J connectivity index is 2.09. The molecule has 0 aliphatic carbocycles. The highest BCUT2D eigenvalue weighted by Crippen LogP contribution is 2.23. The van der Waals surface area contributed by atoms with Crippen LogP contribution >= 0.6 is 0 Å². The number of piperidine rings is 1. The molecular formula is C16H22F2N2O. The lowest BCUT2D eigenvalue weighted by molar-refractivity contribution is -0.126. The van der Waals surface area contributed by atoms with Crippen LogP contribution in [-0.2, 0) is 4.79 Å². The number of nitrogens with one attached hydrogen (secondary N) is 2. The van der Waals surface area contributed by atoms with Crippen molar-refractivity contribution in [1.82, 2.24) is 10.6 Å². The van der Waals surface area contributed by atoms with E-state index < -0.39 is 17.7 Å². The van der Waals surface area contributed by atoms with Crippen molar-refractivity contribution >= 4 is 5.91 Å². The number of benzene rings is 1. The molecule has 1 aliphatic heterocycles. The zero-order chi connectivity index (χ0) is 15.2. The number of rotatable bonds is 5. The van der Waals surface area contributed by atoms with Gasteiger partial charge in [-0.05, 0) is 31.9 Å². The Kier molecular flexibility index (Phi) is 5.67. The van der Waals surface area contributed by atoms with Gasteiger partial charge in [-0.2, -0.15) is 0 Å². The van der Waals surface area contributed by atoms with E-state index in [1.807, 2.05) is 6.92 Å². The first-order valence-corrected chi connectivity index (χ1v) is 7.58. The number of carbonyl (C=O) groups is 1. The van der Waals surface area contributed by atoms with Crippen LogP contribution in [0.2, 0.25) is 0 Å². The van der Waals surface area contributed by atoms with Crippen molar-refractivity contribution in [1.29, 1.82) is 0 Å². The van der Waals surface area contributed by atoms with Gasteiger partial charge in [-0.15, -0.1) is 0 Å². The van der Waals surface area contributed by atoms with Crippen molar-refractivity contribution < 1.29 is 13.6 Å². The summed E-state index contributed by atoms with van der Waals surface area (Å²) >= 11 is 0. The molecule has 0 saturated carbocycles. The fraction of sp³-hybridized carbons (Fsp3) is 0.562. The van der Waals surface area contributed by atoms with Gasteiger partial charge in [-0.1, -0.05) is 19.4 Å². The molecule has 1 amide bonds. The zero-order valence-electron chi connectivity index (χ0n) is 12.3. The van der Waals surface area contributed by atoms with Crippen LogP contribution in [0.5, 0.6) is 0 Å². The lowest BCUT2D eigenvalue weighted by Gasteiger charge is -2.26. The van der Waals surface area contributed by atoms with Crippen LogP contribution in [0.25, 0.3) is 0 Å². The summed E-state index contributed by atoms with van der Waals surface area (Å²) in [5.74, 6) is -1.32. The highest BCUT2D eigenvalue weighted by atomic mass is 19.1. The second-order valence-electron chi connectivity index (χ2n) is 5.56. The Morgan fingerprint density at radius 1 is 1.48 bits per heavy atom. The first-order chi connectivity index (χ1) is 10.1. The van der Waals surface area contributed by atoms with Gasteiger partial charge in [-0.25, -0.2) is 8.78 Å². The molecule has 3 nitrogen and oxygen atoms in total. The minimum Gasteiger partial charge on any atom is -0.349 e.